The van der Waals surface area contributed by atoms with Crippen LogP contribution >= 0.6 is 0 Å². The molecule has 0 aromatic carbocycles. The first-order valence-corrected chi connectivity index (χ1v) is 20.4. The smallest absolute Gasteiger partial charge is 0.311 e. The number of hydrogen-bond donors (Lipinski definition) is 6. The summed E-state index contributed by atoms with van der Waals surface area (Å²) >= 11 is 0. The van der Waals surface area contributed by atoms with Gasteiger partial charge in [0, 0.05) is 43.0 Å². The third-order valence-electron chi connectivity index (χ3n) is 12.7. The number of aliphatic hydroxyl groups is 5. The number of nitrogens with zero attached hydrogens (tertiary/aromatic N) is 1. The van der Waals surface area contributed by atoms with E-state index in [4.69, 9.17) is 28.4 Å². The topological polar surface area (TPSA) is 189 Å². The number of cyclic esters (lactones) is 1. The van der Waals surface area contributed by atoms with Crippen molar-refractivity contribution in [2.45, 2.75) is 212 Å². The Bertz CT molecular complexity index is 1230. The number of hydrogen-bond acceptors (Lipinski definition) is 14. The van der Waals surface area contributed by atoms with Crippen LogP contribution in [0.5, 0.6) is 0 Å². The highest BCUT2D eigenvalue weighted by molar-refractivity contribution is 5.73. The minimum atomic E-state index is -1.84. The second kappa shape index (κ2) is 18.5. The van der Waals surface area contributed by atoms with Gasteiger partial charge in [0.15, 0.2) is 12.6 Å². The van der Waals surface area contributed by atoms with Gasteiger partial charge in [0.25, 0.3) is 0 Å². The second-order valence-corrected chi connectivity index (χ2v) is 19.1. The fourth-order valence-electron chi connectivity index (χ4n) is 9.38. The molecule has 0 amide bonds. The van der Waals surface area contributed by atoms with Crippen LogP contribution in [-0.2, 0) is 33.2 Å². The van der Waals surface area contributed by atoms with Gasteiger partial charge in [-0.15, -0.1) is 0 Å². The van der Waals surface area contributed by atoms with E-state index in [0.29, 0.717) is 6.42 Å². The van der Waals surface area contributed by atoms with E-state index in [9.17, 15) is 30.3 Å². The maximum atomic E-state index is 14.3. The van der Waals surface area contributed by atoms with Crippen LogP contribution in [-0.4, -0.2) is 153 Å². The van der Waals surface area contributed by atoms with E-state index >= 15 is 0 Å². The standard InChI is InChI=1S/C41H78N2O12/c1-17-28-41(13,49)33(45)23(4)30(42-38(8,9)10)21(2)19-39(11,48)35(55-37-31(44)27(43(14)15)18-22(3)51-37)24(5)32(25(6)36(47)53-28)54-29-20-40(12,50-16)34(46)26(7)52-29/h21-35,37,42,44-46,48-49H,17-20H2,1-16H3/t21-,22?,23+,24+,25-,26?,27?,28-,29?,30+,31?,32+,33-,34?,35-,37?,39-,40?,41-/m1/s1. The maximum Gasteiger partial charge on any atom is 0.311 e. The van der Waals surface area contributed by atoms with Gasteiger partial charge in [-0.2, -0.15) is 0 Å². The molecule has 3 saturated heterocycles. The normalized spacial score (nSPS) is 48.7. The highest BCUT2D eigenvalue weighted by Crippen LogP contribution is 2.41. The van der Waals surface area contributed by atoms with E-state index in [1.165, 1.54) is 14.0 Å². The Morgan fingerprint density at radius 1 is 0.909 bits per heavy atom. The molecule has 14 nitrogen and oxygen atoms in total. The molecule has 324 valence electrons. The summed E-state index contributed by atoms with van der Waals surface area (Å²) in [6.07, 6.45) is -8.51. The molecule has 0 saturated carbocycles. The Hall–Kier alpha value is -1.01. The van der Waals surface area contributed by atoms with Crippen molar-refractivity contribution >= 4 is 5.97 Å². The van der Waals surface area contributed by atoms with Crippen LogP contribution in [0.2, 0.25) is 0 Å². The lowest BCUT2D eigenvalue weighted by Gasteiger charge is -2.50. The molecule has 0 spiro atoms. The first-order chi connectivity index (χ1) is 25.1. The number of rotatable bonds is 8. The lowest BCUT2D eigenvalue weighted by Crippen LogP contribution is -2.63. The molecule has 19 atom stereocenters. The van der Waals surface area contributed by atoms with Crippen LogP contribution in [0.15, 0.2) is 0 Å². The quantitative estimate of drug-likeness (QED) is 0.197. The summed E-state index contributed by atoms with van der Waals surface area (Å²) in [5.74, 6) is -3.35. The van der Waals surface area contributed by atoms with E-state index in [0.717, 1.165) is 0 Å². The summed E-state index contributed by atoms with van der Waals surface area (Å²) < 4.78 is 37.8. The molecule has 0 aromatic heterocycles. The lowest BCUT2D eigenvalue weighted by atomic mass is 9.72. The monoisotopic (exact) mass is 791 g/mol. The molecule has 3 heterocycles. The molecule has 0 aliphatic carbocycles. The molecule has 0 aromatic rings. The number of carbonyl (C=O) groups excluding carboxylic acids is 1. The van der Waals surface area contributed by atoms with Crippen LogP contribution in [0.3, 0.4) is 0 Å². The van der Waals surface area contributed by atoms with Crippen molar-refractivity contribution in [2.75, 3.05) is 21.2 Å². The largest absolute Gasteiger partial charge is 0.459 e. The van der Waals surface area contributed by atoms with Crippen molar-refractivity contribution in [1.82, 2.24) is 10.2 Å². The third kappa shape index (κ3) is 11.2. The molecule has 3 aliphatic rings. The van der Waals surface area contributed by atoms with Gasteiger partial charge >= 0.3 is 5.97 Å². The first kappa shape index (κ1) is 48.4. The van der Waals surface area contributed by atoms with Gasteiger partial charge in [0.05, 0.1) is 47.6 Å². The van der Waals surface area contributed by atoms with Crippen molar-refractivity contribution in [1.29, 1.82) is 0 Å². The number of esters is 1. The average Bonchev–Trinajstić information content (AvgIpc) is 3.08. The zero-order valence-corrected chi connectivity index (χ0v) is 36.6. The van der Waals surface area contributed by atoms with Crippen molar-refractivity contribution in [3.05, 3.63) is 0 Å². The van der Waals surface area contributed by atoms with Crippen molar-refractivity contribution in [2.24, 2.45) is 23.7 Å². The van der Waals surface area contributed by atoms with Gasteiger partial charge in [-0.1, -0.05) is 27.7 Å². The van der Waals surface area contributed by atoms with Crippen LogP contribution in [0.4, 0.5) is 0 Å². The van der Waals surface area contributed by atoms with Crippen molar-refractivity contribution < 1.29 is 58.7 Å². The number of methoxy groups -OCH3 is 1. The highest BCUT2D eigenvalue weighted by atomic mass is 16.7. The summed E-state index contributed by atoms with van der Waals surface area (Å²) in [4.78, 5) is 16.2. The summed E-state index contributed by atoms with van der Waals surface area (Å²) in [5.41, 5.74) is -4.92. The van der Waals surface area contributed by atoms with Crippen molar-refractivity contribution in [3.8, 4) is 0 Å². The Kier molecular flexibility index (Phi) is 16.3. The minimum absolute atomic E-state index is 0.127. The molecule has 0 radical (unpaired) electrons. The zero-order chi connectivity index (χ0) is 42.2. The van der Waals surface area contributed by atoms with E-state index in [2.05, 4.69) is 5.32 Å². The van der Waals surface area contributed by atoms with Gasteiger partial charge in [0.1, 0.15) is 23.9 Å². The molecule has 3 aliphatic heterocycles. The van der Waals surface area contributed by atoms with Gasteiger partial charge in [-0.25, -0.2) is 0 Å². The van der Waals surface area contributed by atoms with Crippen molar-refractivity contribution in [3.63, 3.8) is 0 Å². The predicted molar refractivity (Wildman–Crippen MR) is 208 cm³/mol. The number of likely N-dealkylation sites (N-methyl/N-ethyl adjacent to an activating group) is 1. The van der Waals surface area contributed by atoms with E-state index < -0.39 is 107 Å². The number of nitrogens with one attached hydrogen (secondary N) is 1. The summed E-state index contributed by atoms with van der Waals surface area (Å²) in [6.45, 7) is 23.7. The minimum Gasteiger partial charge on any atom is -0.459 e. The first-order valence-electron chi connectivity index (χ1n) is 20.4. The maximum absolute atomic E-state index is 14.3. The zero-order valence-electron chi connectivity index (χ0n) is 36.6. The number of ether oxygens (including phenoxy) is 6. The van der Waals surface area contributed by atoms with E-state index in [1.807, 2.05) is 67.5 Å². The molecule has 3 rings (SSSR count). The third-order valence-corrected chi connectivity index (χ3v) is 12.7. The fraction of sp³-hybridized carbons (Fsp3) is 0.976. The molecular formula is C41H78N2O12. The van der Waals surface area contributed by atoms with Gasteiger partial charge in [0.2, 0.25) is 0 Å². The van der Waals surface area contributed by atoms with Crippen LogP contribution in [0.25, 0.3) is 0 Å². The second-order valence-electron chi connectivity index (χ2n) is 19.1. The number of carbonyl (C=O) groups is 1. The summed E-state index contributed by atoms with van der Waals surface area (Å²) in [5, 5.41) is 62.9. The molecule has 8 unspecified atom stereocenters. The Balaban J connectivity index is 2.25. The van der Waals surface area contributed by atoms with Gasteiger partial charge < -0.3 is 64.2 Å². The predicted octanol–water partition coefficient (Wildman–Crippen LogP) is 2.97. The number of aliphatic hydroxyl groups excluding tert-OH is 3. The molecule has 3 fully saturated rings. The van der Waals surface area contributed by atoms with Crippen LogP contribution < -0.4 is 5.32 Å². The molecule has 6 N–H and O–H groups in total. The van der Waals surface area contributed by atoms with Crippen LogP contribution in [0.1, 0.15) is 116 Å². The molecule has 14 heteroatoms. The van der Waals surface area contributed by atoms with Gasteiger partial charge in [-0.3, -0.25) is 4.79 Å². The summed E-state index contributed by atoms with van der Waals surface area (Å²) in [7, 11) is 5.28. The molecular weight excluding hydrogens is 712 g/mol. The SMILES string of the molecule is CC[C@H]1OC(=O)[C@H](C)[C@@H](OC2CC(C)(OC)C(O)C(C)O2)[C@H](C)[C@@H](OC2OC(C)CC(N(C)C)C2O)[C@](C)(O)C[C@@H](C)[C@H](NC(C)(C)C)[C@H](C)[C@@H](O)[C@]1(C)O. The highest BCUT2D eigenvalue weighted by Gasteiger charge is 2.54. The Labute approximate surface area is 330 Å². The van der Waals surface area contributed by atoms with Gasteiger partial charge in [-0.05, 0) is 102 Å². The van der Waals surface area contributed by atoms with E-state index in [-0.39, 0.29) is 37.3 Å². The Morgan fingerprint density at radius 3 is 2.04 bits per heavy atom. The fourth-order valence-corrected chi connectivity index (χ4v) is 9.38. The molecule has 0 bridgehead atoms. The summed E-state index contributed by atoms with van der Waals surface area (Å²) in [6, 6.07) is -0.722. The lowest BCUT2D eigenvalue weighted by molar-refractivity contribution is -0.318. The molecule has 55 heavy (non-hydrogen) atoms. The van der Waals surface area contributed by atoms with Crippen LogP contribution in [0, 0.1) is 23.7 Å². The van der Waals surface area contributed by atoms with E-state index in [1.54, 1.807) is 34.6 Å². The average molecular weight is 791 g/mol. The Morgan fingerprint density at radius 2 is 1.51 bits per heavy atom.